The summed E-state index contributed by atoms with van der Waals surface area (Å²) in [6, 6.07) is 14.5. The first-order valence-electron chi connectivity index (χ1n) is 8.20. The molecule has 32 heavy (non-hydrogen) atoms. The summed E-state index contributed by atoms with van der Waals surface area (Å²) in [6.45, 7) is 0. The molecule has 0 N–H and O–H groups in total. The van der Waals surface area contributed by atoms with Gasteiger partial charge < -0.3 is 0 Å². The van der Waals surface area contributed by atoms with Gasteiger partial charge in [-0.05, 0) is 18.2 Å². The lowest BCUT2D eigenvalue weighted by atomic mass is 9.89. The molecule has 2 rings (SSSR count). The van der Waals surface area contributed by atoms with Crippen LogP contribution in [0.1, 0.15) is 33.4 Å². The van der Waals surface area contributed by atoms with Crippen LogP contribution < -0.4 is 10.4 Å². The molecule has 0 saturated carbocycles. The second-order valence-electron chi connectivity index (χ2n) is 5.89. The molecule has 0 aliphatic rings. The number of alkyl halides is 3. The maximum atomic E-state index is 13.9. The summed E-state index contributed by atoms with van der Waals surface area (Å²) in [7, 11) is 0. The third-order valence-corrected chi connectivity index (χ3v) is 4.24. The van der Waals surface area contributed by atoms with E-state index in [1.54, 1.807) is 30.3 Å². The van der Waals surface area contributed by atoms with Crippen molar-refractivity contribution in [3.05, 3.63) is 68.1 Å². The molecule has 0 radical (unpaired) electrons. The van der Waals surface area contributed by atoms with Gasteiger partial charge in [0.25, 0.3) is 0 Å². The van der Waals surface area contributed by atoms with Gasteiger partial charge in [0, 0.05) is 16.0 Å². The van der Waals surface area contributed by atoms with Crippen LogP contribution in [0.5, 0.6) is 0 Å². The van der Waals surface area contributed by atoms with Gasteiger partial charge in [-0.3, -0.25) is 0 Å². The van der Waals surface area contributed by atoms with Crippen molar-refractivity contribution in [2.24, 2.45) is 0 Å². The highest BCUT2D eigenvalue weighted by atomic mass is 19.4. The van der Waals surface area contributed by atoms with Crippen LogP contribution in [0.3, 0.4) is 0 Å². The molecular weight excluding hydrogens is 419 g/mol. The van der Waals surface area contributed by atoms with Crippen LogP contribution in [0.4, 0.5) is 13.2 Å². The van der Waals surface area contributed by atoms with Gasteiger partial charge in [0.05, 0.1) is 45.5 Å². The topological polar surface area (TPSA) is 167 Å². The van der Waals surface area contributed by atoms with E-state index < -0.39 is 55.9 Å². The van der Waals surface area contributed by atoms with Crippen LogP contribution in [-0.4, -0.2) is 0 Å². The predicted molar refractivity (Wildman–Crippen MR) is 98.8 cm³/mol. The van der Waals surface area contributed by atoms with Crippen LogP contribution in [-0.2, 0) is 6.18 Å². The molecule has 148 valence electrons. The fraction of sp³-hybridized carbons (Fsp3) is 0.0455. The molecule has 0 unspecified atom stereocenters. The SMILES string of the molecule is N#CC(C#N)=c1cc(C#N)c(=C(C#N)c2ccc(C#N)c(C#N)c2C(F)(F)F)c(C#N)c1. The van der Waals surface area contributed by atoms with Crippen LogP contribution in [0.15, 0.2) is 24.3 Å². The normalized spacial score (nSPS) is 9.50. The fourth-order valence-corrected chi connectivity index (χ4v) is 2.95. The summed E-state index contributed by atoms with van der Waals surface area (Å²) < 4.78 is 41.6. The first-order chi connectivity index (χ1) is 15.2. The minimum absolute atomic E-state index is 0.127. The molecule has 0 bridgehead atoms. The molecule has 7 nitrogen and oxygen atoms in total. The summed E-state index contributed by atoms with van der Waals surface area (Å²) in [6.07, 6.45) is -5.16. The molecule has 0 fully saturated rings. The lowest BCUT2D eigenvalue weighted by Crippen LogP contribution is -2.23. The monoisotopic (exact) mass is 423 g/mol. The predicted octanol–water partition coefficient (Wildman–Crippen LogP) is 2.11. The Bertz CT molecular complexity index is 1520. The molecule has 0 aromatic heterocycles. The Hall–Kier alpha value is -5.60. The van der Waals surface area contributed by atoms with Gasteiger partial charge in [0.1, 0.15) is 35.9 Å². The first kappa shape index (κ1) is 22.7. The van der Waals surface area contributed by atoms with Crippen molar-refractivity contribution in [1.29, 1.82) is 36.8 Å². The minimum Gasteiger partial charge on any atom is -0.192 e. The smallest absolute Gasteiger partial charge is 0.192 e. The van der Waals surface area contributed by atoms with Gasteiger partial charge in [-0.1, -0.05) is 6.07 Å². The largest absolute Gasteiger partial charge is 0.418 e. The zero-order chi connectivity index (χ0) is 24.1. The molecule has 10 heteroatoms. The summed E-state index contributed by atoms with van der Waals surface area (Å²) in [5, 5.41) is 64.5. The van der Waals surface area contributed by atoms with Gasteiger partial charge in [-0.15, -0.1) is 0 Å². The zero-order valence-corrected chi connectivity index (χ0v) is 15.6. The first-order valence-corrected chi connectivity index (χ1v) is 8.20. The van der Waals surface area contributed by atoms with Gasteiger partial charge in [0.2, 0.25) is 0 Å². The molecule has 0 aliphatic heterocycles. The zero-order valence-electron chi connectivity index (χ0n) is 15.6. The average molecular weight is 423 g/mol. The summed E-state index contributed by atoms with van der Waals surface area (Å²) in [5.41, 5.74) is -6.01. The highest BCUT2D eigenvalue weighted by molar-refractivity contribution is 5.83. The van der Waals surface area contributed by atoms with Gasteiger partial charge in [-0.2, -0.15) is 50.0 Å². The maximum Gasteiger partial charge on any atom is 0.418 e. The van der Waals surface area contributed by atoms with E-state index in [0.717, 1.165) is 24.3 Å². The second-order valence-corrected chi connectivity index (χ2v) is 5.89. The molecular formula is C22H4F3N7. The van der Waals surface area contributed by atoms with Crippen LogP contribution in [0.25, 0.3) is 11.1 Å². The Morgan fingerprint density at radius 1 is 0.688 bits per heavy atom. The summed E-state index contributed by atoms with van der Waals surface area (Å²) in [4.78, 5) is 0. The maximum absolute atomic E-state index is 13.9. The standard InChI is InChI=1S/C22H4F3N7/c23-22(24,25)21-17(2-1-12(5-26)18(21)10-31)19(11-32)20-14(6-27)3-13(4-15(20)7-28)16(8-29)9-30/h1-4H. The van der Waals surface area contributed by atoms with Crippen molar-refractivity contribution < 1.29 is 13.2 Å². The number of halogens is 3. The number of hydrogen-bond donors (Lipinski definition) is 0. The van der Waals surface area contributed by atoms with E-state index in [9.17, 15) is 34.2 Å². The van der Waals surface area contributed by atoms with Crippen LogP contribution in [0.2, 0.25) is 0 Å². The quantitative estimate of drug-likeness (QED) is 0.677. The molecule has 0 heterocycles. The van der Waals surface area contributed by atoms with E-state index in [-0.39, 0.29) is 5.22 Å². The van der Waals surface area contributed by atoms with E-state index in [0.29, 0.717) is 0 Å². The van der Waals surface area contributed by atoms with Crippen molar-refractivity contribution in [3.8, 4) is 42.5 Å². The van der Waals surface area contributed by atoms with E-state index in [2.05, 4.69) is 0 Å². The van der Waals surface area contributed by atoms with Gasteiger partial charge in [0.15, 0.2) is 0 Å². The number of nitriles is 7. The summed E-state index contributed by atoms with van der Waals surface area (Å²) in [5.74, 6) is 0. The highest BCUT2D eigenvalue weighted by Crippen LogP contribution is 2.38. The van der Waals surface area contributed by atoms with E-state index >= 15 is 0 Å². The molecule has 0 amide bonds. The molecule has 0 saturated heterocycles. The van der Waals surface area contributed by atoms with Crippen molar-refractivity contribution in [2.45, 2.75) is 6.18 Å². The Morgan fingerprint density at radius 3 is 1.59 bits per heavy atom. The number of benzene rings is 2. The van der Waals surface area contributed by atoms with E-state index in [1.165, 1.54) is 12.1 Å². The average Bonchev–Trinajstić information content (AvgIpc) is 2.79. The van der Waals surface area contributed by atoms with Crippen molar-refractivity contribution in [2.75, 3.05) is 0 Å². The van der Waals surface area contributed by atoms with Crippen LogP contribution >= 0.6 is 0 Å². The fourth-order valence-electron chi connectivity index (χ4n) is 2.95. The van der Waals surface area contributed by atoms with Crippen molar-refractivity contribution in [3.63, 3.8) is 0 Å². The number of nitrogens with zero attached hydrogens (tertiary/aromatic N) is 7. The molecule has 2 aromatic carbocycles. The highest BCUT2D eigenvalue weighted by Gasteiger charge is 2.38. The van der Waals surface area contributed by atoms with Crippen LogP contribution in [0, 0.1) is 79.3 Å². The third-order valence-electron chi connectivity index (χ3n) is 4.24. The molecule has 2 aromatic rings. The minimum atomic E-state index is -5.16. The molecule has 0 aliphatic carbocycles. The number of rotatable bonds is 1. The van der Waals surface area contributed by atoms with Gasteiger partial charge in [-0.25, -0.2) is 0 Å². The van der Waals surface area contributed by atoms with Crippen molar-refractivity contribution >= 4 is 11.1 Å². The van der Waals surface area contributed by atoms with Gasteiger partial charge >= 0.3 is 6.18 Å². The Kier molecular flexibility index (Phi) is 6.26. The second kappa shape index (κ2) is 8.82. The molecule has 0 spiro atoms. The lowest BCUT2D eigenvalue weighted by molar-refractivity contribution is -0.138. The number of hydrogen-bond acceptors (Lipinski definition) is 7. The Balaban J connectivity index is 3.32. The lowest BCUT2D eigenvalue weighted by Gasteiger charge is -2.15. The van der Waals surface area contributed by atoms with Crippen molar-refractivity contribution in [1.82, 2.24) is 0 Å². The third kappa shape index (κ3) is 3.79. The molecule has 0 atom stereocenters. The Labute approximate surface area is 178 Å². The summed E-state index contributed by atoms with van der Waals surface area (Å²) >= 11 is 0. The van der Waals surface area contributed by atoms with E-state index in [4.69, 9.17) is 15.8 Å². The van der Waals surface area contributed by atoms with E-state index in [1.807, 2.05) is 0 Å². The Morgan fingerprint density at radius 2 is 1.22 bits per heavy atom.